The Morgan fingerprint density at radius 1 is 1.13 bits per heavy atom. The first kappa shape index (κ1) is 23.5. The number of hydrogen-bond donors (Lipinski definition) is 0. The van der Waals surface area contributed by atoms with Gasteiger partial charge in [0.15, 0.2) is 0 Å². The Morgan fingerprint density at radius 2 is 1.74 bits per heavy atom. The van der Waals surface area contributed by atoms with E-state index in [0.29, 0.717) is 25.4 Å². The minimum atomic E-state index is -0.695. The van der Waals surface area contributed by atoms with Gasteiger partial charge in [-0.25, -0.2) is 14.0 Å². The molecule has 31 heavy (non-hydrogen) atoms. The standard InChI is InChI=1S/C24H34FNO5/c1-22(2,3)21(28)31-26-12-24(7,13-26)14-29-19-11-18(25)17(10-16(19)15-8-9-15)20(27)30-23(4,5)6/h10-11,15H,8-9,12-14H2,1-7H3. The van der Waals surface area contributed by atoms with Gasteiger partial charge in [0.1, 0.15) is 17.2 Å². The smallest absolute Gasteiger partial charge is 0.341 e. The maximum Gasteiger partial charge on any atom is 0.341 e. The third kappa shape index (κ3) is 5.97. The summed E-state index contributed by atoms with van der Waals surface area (Å²) >= 11 is 0. The zero-order valence-corrected chi connectivity index (χ0v) is 19.6. The Kier molecular flexibility index (Phi) is 6.13. The number of benzene rings is 1. The monoisotopic (exact) mass is 435 g/mol. The summed E-state index contributed by atoms with van der Waals surface area (Å²) in [6.07, 6.45) is 1.98. The van der Waals surface area contributed by atoms with Gasteiger partial charge >= 0.3 is 11.9 Å². The van der Waals surface area contributed by atoms with Crippen molar-refractivity contribution >= 4 is 11.9 Å². The van der Waals surface area contributed by atoms with Crippen molar-refractivity contribution in [2.75, 3.05) is 19.7 Å². The summed E-state index contributed by atoms with van der Waals surface area (Å²) in [4.78, 5) is 29.8. The van der Waals surface area contributed by atoms with Crippen molar-refractivity contribution in [3.8, 4) is 5.75 Å². The second kappa shape index (κ2) is 8.08. The molecule has 0 bridgehead atoms. The molecule has 1 aromatic rings. The van der Waals surface area contributed by atoms with E-state index in [2.05, 4.69) is 0 Å². The second-order valence-electron chi connectivity index (χ2n) is 11.2. The van der Waals surface area contributed by atoms with Gasteiger partial charge in [0, 0.05) is 24.6 Å². The summed E-state index contributed by atoms with van der Waals surface area (Å²) < 4.78 is 26.1. The van der Waals surface area contributed by atoms with Gasteiger partial charge < -0.3 is 14.3 Å². The fourth-order valence-electron chi connectivity index (χ4n) is 3.37. The number of esters is 1. The van der Waals surface area contributed by atoms with E-state index in [-0.39, 0.29) is 22.9 Å². The third-order valence-corrected chi connectivity index (χ3v) is 5.25. The molecular formula is C24H34FNO5. The number of hydrogen-bond acceptors (Lipinski definition) is 6. The minimum Gasteiger partial charge on any atom is -0.493 e. The van der Waals surface area contributed by atoms with Crippen molar-refractivity contribution in [2.24, 2.45) is 10.8 Å². The molecule has 1 saturated carbocycles. The van der Waals surface area contributed by atoms with Gasteiger partial charge in [0.2, 0.25) is 0 Å². The molecule has 0 radical (unpaired) electrons. The van der Waals surface area contributed by atoms with Crippen LogP contribution < -0.4 is 4.74 Å². The van der Waals surface area contributed by atoms with Gasteiger partial charge in [-0.1, -0.05) is 6.92 Å². The van der Waals surface area contributed by atoms with Crippen LogP contribution in [0.2, 0.25) is 0 Å². The summed E-state index contributed by atoms with van der Waals surface area (Å²) in [6, 6.07) is 2.88. The highest BCUT2D eigenvalue weighted by Gasteiger charge is 2.43. The van der Waals surface area contributed by atoms with E-state index in [1.807, 2.05) is 27.7 Å². The molecule has 0 spiro atoms. The normalized spacial score (nSPS) is 18.8. The number of nitrogens with zero attached hydrogens (tertiary/aromatic N) is 1. The van der Waals surface area contributed by atoms with E-state index < -0.39 is 22.8 Å². The molecule has 0 N–H and O–H groups in total. The van der Waals surface area contributed by atoms with Crippen LogP contribution in [-0.4, -0.2) is 42.3 Å². The maximum absolute atomic E-state index is 14.7. The number of rotatable bonds is 6. The summed E-state index contributed by atoms with van der Waals surface area (Å²) in [6.45, 7) is 14.2. The van der Waals surface area contributed by atoms with Crippen molar-refractivity contribution in [3.63, 3.8) is 0 Å². The molecule has 0 amide bonds. The number of carbonyl (C=O) groups is 2. The van der Waals surface area contributed by atoms with Crippen molar-refractivity contribution in [2.45, 2.75) is 72.8 Å². The second-order valence-corrected chi connectivity index (χ2v) is 11.2. The van der Waals surface area contributed by atoms with Crippen molar-refractivity contribution in [1.29, 1.82) is 0 Å². The molecule has 2 fully saturated rings. The maximum atomic E-state index is 14.7. The minimum absolute atomic E-state index is 0.0562. The van der Waals surface area contributed by atoms with Gasteiger partial charge in [-0.05, 0) is 71.9 Å². The zero-order valence-electron chi connectivity index (χ0n) is 19.6. The number of hydroxylamine groups is 2. The quantitative estimate of drug-likeness (QED) is 0.595. The largest absolute Gasteiger partial charge is 0.493 e. The van der Waals surface area contributed by atoms with E-state index in [9.17, 15) is 14.0 Å². The van der Waals surface area contributed by atoms with E-state index >= 15 is 0 Å². The highest BCUT2D eigenvalue weighted by molar-refractivity contribution is 5.90. The lowest BCUT2D eigenvalue weighted by Crippen LogP contribution is -2.58. The number of halogens is 1. The van der Waals surface area contributed by atoms with Crippen LogP contribution in [0.4, 0.5) is 4.39 Å². The molecular weight excluding hydrogens is 401 g/mol. The third-order valence-electron chi connectivity index (χ3n) is 5.25. The van der Waals surface area contributed by atoms with Crippen LogP contribution >= 0.6 is 0 Å². The Balaban J connectivity index is 1.65. The fourth-order valence-corrected chi connectivity index (χ4v) is 3.37. The van der Waals surface area contributed by atoms with Gasteiger partial charge in [0.25, 0.3) is 0 Å². The zero-order chi connectivity index (χ0) is 23.2. The molecule has 3 rings (SSSR count). The van der Waals surface area contributed by atoms with Gasteiger partial charge in [-0.3, -0.25) is 0 Å². The molecule has 172 valence electrons. The van der Waals surface area contributed by atoms with Gasteiger partial charge in [-0.15, -0.1) is 5.06 Å². The predicted molar refractivity (Wildman–Crippen MR) is 114 cm³/mol. The summed E-state index contributed by atoms with van der Waals surface area (Å²) in [5.74, 6) is -0.839. The van der Waals surface area contributed by atoms with Crippen LogP contribution in [0.25, 0.3) is 0 Å². The average molecular weight is 436 g/mol. The molecule has 0 aromatic heterocycles. The van der Waals surface area contributed by atoms with Gasteiger partial charge in [-0.2, -0.15) is 0 Å². The molecule has 2 aliphatic rings. The molecule has 1 heterocycles. The fraction of sp³-hybridized carbons (Fsp3) is 0.667. The van der Waals surface area contributed by atoms with Crippen LogP contribution in [0.1, 0.15) is 83.1 Å². The van der Waals surface area contributed by atoms with Crippen LogP contribution in [0, 0.1) is 16.6 Å². The Bertz CT molecular complexity index is 858. The molecule has 0 unspecified atom stereocenters. The molecule has 0 atom stereocenters. The molecule has 1 aliphatic carbocycles. The van der Waals surface area contributed by atoms with E-state index in [1.165, 1.54) is 6.07 Å². The van der Waals surface area contributed by atoms with Crippen molar-refractivity contribution < 1.29 is 28.3 Å². The molecule has 6 nitrogen and oxygen atoms in total. The van der Waals surface area contributed by atoms with E-state index in [4.69, 9.17) is 14.3 Å². The molecule has 1 aromatic carbocycles. The first-order chi connectivity index (χ1) is 14.2. The Labute approximate surface area is 184 Å². The van der Waals surface area contributed by atoms with E-state index in [0.717, 1.165) is 18.4 Å². The van der Waals surface area contributed by atoms with Gasteiger partial charge in [0.05, 0.1) is 17.6 Å². The lowest BCUT2D eigenvalue weighted by Gasteiger charge is -2.46. The summed E-state index contributed by atoms with van der Waals surface area (Å²) in [5.41, 5.74) is -0.672. The van der Waals surface area contributed by atoms with Crippen LogP contribution in [0.15, 0.2) is 12.1 Å². The number of ether oxygens (including phenoxy) is 2. The Hall–Kier alpha value is -2.15. The lowest BCUT2D eigenvalue weighted by atomic mass is 9.84. The van der Waals surface area contributed by atoms with Crippen LogP contribution in [-0.2, 0) is 14.4 Å². The molecule has 1 saturated heterocycles. The number of carbonyl (C=O) groups excluding carboxylic acids is 2. The highest BCUT2D eigenvalue weighted by Crippen LogP contribution is 2.46. The highest BCUT2D eigenvalue weighted by atomic mass is 19.1. The molecule has 7 heteroatoms. The summed E-state index contributed by atoms with van der Waals surface area (Å²) in [5, 5.41) is 1.63. The average Bonchev–Trinajstić information content (AvgIpc) is 3.41. The first-order valence-electron chi connectivity index (χ1n) is 10.8. The Morgan fingerprint density at radius 3 is 2.26 bits per heavy atom. The van der Waals surface area contributed by atoms with E-state index in [1.54, 1.807) is 31.9 Å². The summed E-state index contributed by atoms with van der Waals surface area (Å²) in [7, 11) is 0. The molecule has 1 aliphatic heterocycles. The SMILES string of the molecule is CC1(COc2cc(F)c(C(=O)OC(C)(C)C)cc2C2CC2)CN(OC(=O)C(C)(C)C)C1. The van der Waals surface area contributed by atoms with Crippen LogP contribution in [0.5, 0.6) is 5.75 Å². The lowest BCUT2D eigenvalue weighted by molar-refractivity contribution is -0.248. The predicted octanol–water partition coefficient (Wildman–Crippen LogP) is 4.86. The first-order valence-corrected chi connectivity index (χ1v) is 10.8. The van der Waals surface area contributed by atoms with Crippen molar-refractivity contribution in [1.82, 2.24) is 5.06 Å². The van der Waals surface area contributed by atoms with Crippen LogP contribution in [0.3, 0.4) is 0 Å². The topological polar surface area (TPSA) is 65.1 Å². The van der Waals surface area contributed by atoms with Crippen molar-refractivity contribution in [3.05, 3.63) is 29.1 Å².